The quantitative estimate of drug-likeness (QED) is 0.250. The van der Waals surface area contributed by atoms with Crippen molar-refractivity contribution < 1.29 is 24.2 Å². The van der Waals surface area contributed by atoms with E-state index in [9.17, 15) is 24.2 Å². The van der Waals surface area contributed by atoms with Crippen LogP contribution in [0.4, 0.5) is 0 Å². The first-order valence-electron chi connectivity index (χ1n) is 11.4. The molecule has 9 heteroatoms. The van der Waals surface area contributed by atoms with Crippen molar-refractivity contribution in [3.05, 3.63) is 96.1 Å². The van der Waals surface area contributed by atoms with Crippen molar-refractivity contribution in [1.29, 1.82) is 0 Å². The second-order valence-electron chi connectivity index (χ2n) is 8.73. The number of nitrogens with one attached hydrogen (secondary N) is 1. The summed E-state index contributed by atoms with van der Waals surface area (Å²) >= 11 is 0. The molecule has 0 saturated heterocycles. The Kier molecular flexibility index (Phi) is 11.1. The van der Waals surface area contributed by atoms with Gasteiger partial charge >= 0.3 is 5.97 Å². The van der Waals surface area contributed by atoms with Crippen molar-refractivity contribution >= 4 is 36.2 Å². The van der Waals surface area contributed by atoms with E-state index in [4.69, 9.17) is 5.73 Å². The zero-order valence-corrected chi connectivity index (χ0v) is 22.6. The Morgan fingerprint density at radius 1 is 0.861 bits per heavy atom. The lowest BCUT2D eigenvalue weighted by atomic mass is 9.97. The fourth-order valence-electron chi connectivity index (χ4n) is 3.83. The highest BCUT2D eigenvalue weighted by atomic mass is 79.9. The molecule has 0 aliphatic carbocycles. The molecule has 3 rings (SSSR count). The fourth-order valence-corrected chi connectivity index (χ4v) is 5.52. The van der Waals surface area contributed by atoms with Gasteiger partial charge in [0.25, 0.3) is 0 Å². The lowest BCUT2D eigenvalue weighted by Crippen LogP contribution is -2.43. The topological polar surface area (TPSA) is 130 Å². The van der Waals surface area contributed by atoms with Crippen molar-refractivity contribution in [2.45, 2.75) is 31.6 Å². The second-order valence-corrected chi connectivity index (χ2v) is 11.3. The van der Waals surface area contributed by atoms with E-state index in [0.717, 1.165) is 22.3 Å². The van der Waals surface area contributed by atoms with Gasteiger partial charge in [-0.05, 0) is 42.0 Å². The number of carbonyl (C=O) groups excluding carboxylic acids is 1. The molecule has 5 N–H and O–H groups in total. The molecule has 4 atom stereocenters. The van der Waals surface area contributed by atoms with Crippen LogP contribution < -0.4 is 11.1 Å². The molecule has 192 valence electrons. The molecule has 0 fully saturated rings. The summed E-state index contributed by atoms with van der Waals surface area (Å²) in [6.45, 7) is 1.35. The Morgan fingerprint density at radius 2 is 1.36 bits per heavy atom. The molecule has 3 aromatic carbocycles. The minimum Gasteiger partial charge on any atom is -0.480 e. The monoisotopic (exact) mass is 574 g/mol. The molecule has 0 heterocycles. The van der Waals surface area contributed by atoms with Gasteiger partial charge < -0.3 is 21.1 Å². The molecule has 0 aliphatic heterocycles. The third kappa shape index (κ3) is 8.42. The van der Waals surface area contributed by atoms with Crippen LogP contribution in [0.2, 0.25) is 0 Å². The Labute approximate surface area is 222 Å². The number of aliphatic carboxylic acids is 1. The van der Waals surface area contributed by atoms with Gasteiger partial charge in [0.15, 0.2) is 0 Å². The average Bonchev–Trinajstić information content (AvgIpc) is 2.85. The van der Waals surface area contributed by atoms with E-state index >= 15 is 0 Å². The van der Waals surface area contributed by atoms with E-state index in [-0.39, 0.29) is 36.0 Å². The predicted molar refractivity (Wildman–Crippen MR) is 147 cm³/mol. The maximum absolute atomic E-state index is 13.2. The number of carboxylic acid groups (broad SMARTS) is 1. The lowest BCUT2D eigenvalue weighted by molar-refractivity contribution is -0.141. The third-order valence-electron chi connectivity index (χ3n) is 5.93. The first kappa shape index (κ1) is 29.5. The SMILES string of the molecule is Br.C[C@H](NC(=O)C(Cc1ccc(-c2ccccc2)cc1)CP(=O)(O)C(N)Cc1ccccc1)C(=O)O. The van der Waals surface area contributed by atoms with Crippen LogP contribution in [0.15, 0.2) is 84.9 Å². The van der Waals surface area contributed by atoms with Crippen LogP contribution in [0, 0.1) is 5.92 Å². The molecule has 0 bridgehead atoms. The number of amides is 1. The highest BCUT2D eigenvalue weighted by Gasteiger charge is 2.35. The molecular weight excluding hydrogens is 543 g/mol. The van der Waals surface area contributed by atoms with Gasteiger partial charge in [-0.1, -0.05) is 84.9 Å². The summed E-state index contributed by atoms with van der Waals surface area (Å²) < 4.78 is 13.2. The van der Waals surface area contributed by atoms with Crippen LogP contribution in [0.25, 0.3) is 11.1 Å². The van der Waals surface area contributed by atoms with Gasteiger partial charge in [0.1, 0.15) is 6.04 Å². The van der Waals surface area contributed by atoms with Gasteiger partial charge in [0.05, 0.1) is 11.7 Å². The minimum atomic E-state index is -3.95. The number of nitrogens with two attached hydrogens (primary N) is 1. The summed E-state index contributed by atoms with van der Waals surface area (Å²) in [5, 5.41) is 11.6. The van der Waals surface area contributed by atoms with Crippen LogP contribution in [0.1, 0.15) is 18.1 Å². The van der Waals surface area contributed by atoms with E-state index < -0.39 is 37.0 Å². The number of hydrogen-bond acceptors (Lipinski definition) is 4. The number of halogens is 1. The number of hydrogen-bond donors (Lipinski definition) is 4. The van der Waals surface area contributed by atoms with Crippen LogP contribution in [0.5, 0.6) is 0 Å². The highest BCUT2D eigenvalue weighted by molar-refractivity contribution is 8.93. The first-order valence-corrected chi connectivity index (χ1v) is 13.4. The van der Waals surface area contributed by atoms with E-state index in [2.05, 4.69) is 5.32 Å². The van der Waals surface area contributed by atoms with E-state index in [1.807, 2.05) is 84.9 Å². The van der Waals surface area contributed by atoms with Crippen LogP contribution in [0.3, 0.4) is 0 Å². The Bertz CT molecular complexity index is 1180. The largest absolute Gasteiger partial charge is 0.480 e. The Morgan fingerprint density at radius 3 is 1.92 bits per heavy atom. The molecule has 0 saturated carbocycles. The molecular formula is C27H32BrN2O5P. The second kappa shape index (κ2) is 13.5. The summed E-state index contributed by atoms with van der Waals surface area (Å²) in [5.74, 6) is -3.74. The zero-order valence-electron chi connectivity index (χ0n) is 20.0. The summed E-state index contributed by atoms with van der Waals surface area (Å²) in [6, 6.07) is 25.5. The van der Waals surface area contributed by atoms with Crippen molar-refractivity contribution in [3.8, 4) is 11.1 Å². The van der Waals surface area contributed by atoms with Gasteiger partial charge in [-0.15, -0.1) is 17.0 Å². The maximum atomic E-state index is 13.2. The van der Waals surface area contributed by atoms with Gasteiger partial charge in [0, 0.05) is 6.16 Å². The molecule has 3 aromatic rings. The number of benzene rings is 3. The molecule has 36 heavy (non-hydrogen) atoms. The molecule has 0 aromatic heterocycles. The molecule has 1 amide bonds. The maximum Gasteiger partial charge on any atom is 0.325 e. The first-order chi connectivity index (χ1) is 16.7. The van der Waals surface area contributed by atoms with Gasteiger partial charge in [0.2, 0.25) is 13.3 Å². The van der Waals surface area contributed by atoms with Gasteiger partial charge in [-0.3, -0.25) is 14.2 Å². The Hall–Kier alpha value is -2.77. The van der Waals surface area contributed by atoms with Gasteiger partial charge in [-0.25, -0.2) is 0 Å². The Balaban J connectivity index is 0.00000456. The molecule has 0 spiro atoms. The van der Waals surface area contributed by atoms with Crippen LogP contribution in [-0.4, -0.2) is 39.9 Å². The zero-order chi connectivity index (χ0) is 25.4. The standard InChI is InChI=1S/C27H31N2O5P.BrH/c1-19(27(31)32)29-26(30)24(18-35(33,34)25(28)17-20-8-4-2-5-9-20)16-21-12-14-23(15-13-21)22-10-6-3-7-11-22;/h2-15,19,24-25H,16-18,28H2,1H3,(H,29,30)(H,31,32)(H,33,34);1H/t19-,24?,25?;/m0./s1. The fraction of sp³-hybridized carbons (Fsp3) is 0.259. The highest BCUT2D eigenvalue weighted by Crippen LogP contribution is 2.47. The predicted octanol–water partition coefficient (Wildman–Crippen LogP) is 4.48. The van der Waals surface area contributed by atoms with E-state index in [1.54, 1.807) is 0 Å². The normalized spacial score (nSPS) is 15.0. The molecule has 3 unspecified atom stereocenters. The summed E-state index contributed by atoms with van der Waals surface area (Å²) in [5.41, 5.74) is 9.80. The van der Waals surface area contributed by atoms with E-state index in [1.165, 1.54) is 6.92 Å². The number of rotatable bonds is 11. The minimum absolute atomic E-state index is 0. The lowest BCUT2D eigenvalue weighted by Gasteiger charge is -2.25. The molecule has 7 nitrogen and oxygen atoms in total. The summed E-state index contributed by atoms with van der Waals surface area (Å²) in [6.07, 6.45) is 0.0235. The van der Waals surface area contributed by atoms with Crippen LogP contribution >= 0.6 is 24.4 Å². The smallest absolute Gasteiger partial charge is 0.325 e. The average molecular weight is 575 g/mol. The van der Waals surface area contributed by atoms with Crippen molar-refractivity contribution in [1.82, 2.24) is 5.32 Å². The van der Waals surface area contributed by atoms with E-state index in [0.29, 0.717) is 0 Å². The molecule has 0 aliphatic rings. The number of carbonyl (C=O) groups is 2. The summed E-state index contributed by atoms with van der Waals surface area (Å²) in [7, 11) is -3.95. The van der Waals surface area contributed by atoms with Crippen molar-refractivity contribution in [2.75, 3.05) is 6.16 Å². The van der Waals surface area contributed by atoms with Crippen LogP contribution in [-0.2, 0) is 27.0 Å². The molecule has 0 radical (unpaired) electrons. The van der Waals surface area contributed by atoms with Crippen molar-refractivity contribution in [2.24, 2.45) is 11.7 Å². The van der Waals surface area contributed by atoms with Crippen molar-refractivity contribution in [3.63, 3.8) is 0 Å². The third-order valence-corrected chi connectivity index (χ3v) is 8.11. The van der Waals surface area contributed by atoms with Gasteiger partial charge in [-0.2, -0.15) is 0 Å². The summed E-state index contributed by atoms with van der Waals surface area (Å²) in [4.78, 5) is 35.0. The number of carboxylic acids is 1.